The second-order valence-electron chi connectivity index (χ2n) is 4.16. The molecule has 0 aliphatic heterocycles. The molecule has 0 radical (unpaired) electrons. The summed E-state index contributed by atoms with van der Waals surface area (Å²) in [7, 11) is -1.79. The molecule has 3 atom stereocenters. The fourth-order valence-electron chi connectivity index (χ4n) is 1.56. The second-order valence-corrected chi connectivity index (χ2v) is 6.34. The molecule has 0 saturated heterocycles. The van der Waals surface area contributed by atoms with Crippen molar-refractivity contribution >= 4 is 22.4 Å². The van der Waals surface area contributed by atoms with Crippen LogP contribution in [-0.4, -0.2) is 26.1 Å². The smallest absolute Gasteiger partial charge is 0.348 e. The molecule has 0 bridgehead atoms. The Labute approximate surface area is 118 Å². The summed E-state index contributed by atoms with van der Waals surface area (Å²) in [5.41, 5.74) is 0.962. The monoisotopic (exact) mass is 308 g/mol. The van der Waals surface area contributed by atoms with Crippen LogP contribution in [0.3, 0.4) is 0 Å². The number of rotatable bonds is 6. The summed E-state index contributed by atoms with van der Waals surface area (Å²) in [5, 5.41) is 4.51. The molecule has 0 heterocycles. The number of aliphatic hydroxyl groups excluding tert-OH is 1. The minimum atomic E-state index is -3.83. The van der Waals surface area contributed by atoms with Crippen molar-refractivity contribution in [3.05, 3.63) is 42.5 Å². The van der Waals surface area contributed by atoms with Gasteiger partial charge < -0.3 is 5.11 Å². The van der Waals surface area contributed by atoms with E-state index in [1.807, 2.05) is 6.92 Å². The number of hydrogen-bond acceptors (Lipinski definition) is 2. The van der Waals surface area contributed by atoms with E-state index in [0.29, 0.717) is 4.90 Å². The standard InChI is InChI=1S/C13H15ClF2O2S/c1-3-4-11(12(17)13(14,15)16)19(18)10-7-5-9(2)6-8-10/h3,5-8,11-12,17H,1,4H2,2H3/t11-,12-,19?/m0/s1. The molecular formula is C13H15ClF2O2S. The van der Waals surface area contributed by atoms with Crippen LogP contribution in [0.1, 0.15) is 12.0 Å². The van der Waals surface area contributed by atoms with Crippen LogP contribution in [0.4, 0.5) is 8.78 Å². The van der Waals surface area contributed by atoms with Gasteiger partial charge in [-0.2, -0.15) is 8.78 Å². The van der Waals surface area contributed by atoms with E-state index in [9.17, 15) is 18.1 Å². The number of aliphatic hydroxyl groups is 1. The third kappa shape index (κ3) is 4.37. The largest absolute Gasteiger partial charge is 0.384 e. The summed E-state index contributed by atoms with van der Waals surface area (Å²) in [5.74, 6) is 0. The lowest BCUT2D eigenvalue weighted by atomic mass is 10.2. The number of aryl methyl sites for hydroxylation is 1. The van der Waals surface area contributed by atoms with E-state index in [4.69, 9.17) is 11.6 Å². The first-order valence-corrected chi connectivity index (χ1v) is 7.19. The summed E-state index contributed by atoms with van der Waals surface area (Å²) in [6.45, 7) is 5.28. The number of alkyl halides is 3. The van der Waals surface area contributed by atoms with E-state index in [1.165, 1.54) is 6.08 Å². The molecule has 1 aromatic rings. The van der Waals surface area contributed by atoms with Crippen LogP contribution in [0, 0.1) is 6.92 Å². The molecule has 1 unspecified atom stereocenters. The molecule has 0 aromatic heterocycles. The van der Waals surface area contributed by atoms with E-state index in [-0.39, 0.29) is 6.42 Å². The van der Waals surface area contributed by atoms with E-state index in [0.717, 1.165) is 5.56 Å². The maximum atomic E-state index is 13.0. The van der Waals surface area contributed by atoms with E-state index >= 15 is 0 Å². The van der Waals surface area contributed by atoms with Gasteiger partial charge in [0.1, 0.15) is 6.10 Å². The third-order valence-corrected chi connectivity index (χ3v) is 4.58. The first kappa shape index (κ1) is 16.3. The molecule has 0 spiro atoms. The molecule has 2 nitrogen and oxygen atoms in total. The van der Waals surface area contributed by atoms with Gasteiger partial charge >= 0.3 is 5.38 Å². The van der Waals surface area contributed by atoms with Crippen molar-refractivity contribution < 1.29 is 18.1 Å². The van der Waals surface area contributed by atoms with Crippen LogP contribution < -0.4 is 0 Å². The van der Waals surface area contributed by atoms with Gasteiger partial charge in [-0.05, 0) is 37.1 Å². The second kappa shape index (κ2) is 6.59. The van der Waals surface area contributed by atoms with Crippen molar-refractivity contribution in [3.63, 3.8) is 0 Å². The first-order valence-electron chi connectivity index (χ1n) is 5.60. The summed E-state index contributed by atoms with van der Waals surface area (Å²) in [4.78, 5) is 0.373. The molecule has 0 saturated carbocycles. The molecule has 1 aromatic carbocycles. The maximum absolute atomic E-state index is 13.0. The molecule has 106 valence electrons. The van der Waals surface area contributed by atoms with Crippen LogP contribution in [0.2, 0.25) is 0 Å². The number of benzene rings is 1. The summed E-state index contributed by atoms with van der Waals surface area (Å²) in [6.07, 6.45) is -0.888. The van der Waals surface area contributed by atoms with Crippen LogP contribution >= 0.6 is 11.6 Å². The average Bonchev–Trinajstić information content (AvgIpc) is 2.34. The predicted molar refractivity (Wildman–Crippen MR) is 73.0 cm³/mol. The van der Waals surface area contributed by atoms with Gasteiger partial charge in [-0.15, -0.1) is 6.58 Å². The zero-order valence-electron chi connectivity index (χ0n) is 10.4. The quantitative estimate of drug-likeness (QED) is 0.647. The fourth-order valence-corrected chi connectivity index (χ4v) is 3.25. The maximum Gasteiger partial charge on any atom is 0.348 e. The van der Waals surface area contributed by atoms with Crippen molar-refractivity contribution in [2.24, 2.45) is 0 Å². The fraction of sp³-hybridized carbons (Fsp3) is 0.385. The molecular weight excluding hydrogens is 294 g/mol. The van der Waals surface area contributed by atoms with Crippen molar-refractivity contribution in [2.45, 2.75) is 35.0 Å². The molecule has 0 aliphatic carbocycles. The highest BCUT2D eigenvalue weighted by atomic mass is 35.5. The van der Waals surface area contributed by atoms with E-state index in [2.05, 4.69) is 6.58 Å². The lowest BCUT2D eigenvalue weighted by Crippen LogP contribution is -2.41. The highest BCUT2D eigenvalue weighted by Gasteiger charge is 2.43. The van der Waals surface area contributed by atoms with Gasteiger partial charge in [0.15, 0.2) is 0 Å². The lowest BCUT2D eigenvalue weighted by molar-refractivity contribution is -0.0410. The molecule has 6 heteroatoms. The highest BCUT2D eigenvalue weighted by molar-refractivity contribution is 7.85. The Morgan fingerprint density at radius 3 is 2.42 bits per heavy atom. The number of allylic oxidation sites excluding steroid dienone is 1. The molecule has 19 heavy (non-hydrogen) atoms. The Balaban J connectivity index is 3.02. The molecule has 1 N–H and O–H groups in total. The van der Waals surface area contributed by atoms with Crippen LogP contribution in [0.5, 0.6) is 0 Å². The zero-order chi connectivity index (χ0) is 14.6. The minimum Gasteiger partial charge on any atom is -0.384 e. The Kier molecular flexibility index (Phi) is 5.64. The molecule has 0 aliphatic rings. The first-order chi connectivity index (χ1) is 8.77. The molecule has 1 rings (SSSR count). The SMILES string of the molecule is C=CC[C@@H]([C@H](O)C(F)(F)Cl)S(=O)c1ccc(C)cc1. The summed E-state index contributed by atoms with van der Waals surface area (Å²) < 4.78 is 38.2. The Hall–Kier alpha value is -0.780. The average molecular weight is 309 g/mol. The van der Waals surface area contributed by atoms with E-state index in [1.54, 1.807) is 24.3 Å². The predicted octanol–water partition coefficient (Wildman–Crippen LogP) is 3.24. The topological polar surface area (TPSA) is 37.3 Å². The van der Waals surface area contributed by atoms with Crippen LogP contribution in [0.15, 0.2) is 41.8 Å². The van der Waals surface area contributed by atoms with Crippen molar-refractivity contribution in [1.29, 1.82) is 0 Å². The lowest BCUT2D eigenvalue weighted by Gasteiger charge is -2.24. The van der Waals surface area contributed by atoms with Crippen LogP contribution in [-0.2, 0) is 10.8 Å². The van der Waals surface area contributed by atoms with E-state index < -0.39 is 27.5 Å². The van der Waals surface area contributed by atoms with Crippen molar-refractivity contribution in [2.75, 3.05) is 0 Å². The normalized spacial score (nSPS) is 16.7. The van der Waals surface area contributed by atoms with Crippen LogP contribution in [0.25, 0.3) is 0 Å². The van der Waals surface area contributed by atoms with Gasteiger partial charge in [0.05, 0.1) is 16.0 Å². The van der Waals surface area contributed by atoms with Gasteiger partial charge in [-0.1, -0.05) is 23.8 Å². The number of hydrogen-bond donors (Lipinski definition) is 1. The van der Waals surface area contributed by atoms with Gasteiger partial charge in [0.25, 0.3) is 0 Å². The Morgan fingerprint density at radius 1 is 1.47 bits per heavy atom. The molecule has 0 amide bonds. The Morgan fingerprint density at radius 2 is 2.00 bits per heavy atom. The van der Waals surface area contributed by atoms with Crippen molar-refractivity contribution in [1.82, 2.24) is 0 Å². The zero-order valence-corrected chi connectivity index (χ0v) is 11.9. The summed E-state index contributed by atoms with van der Waals surface area (Å²) >= 11 is 4.82. The Bertz CT molecular complexity index is 457. The van der Waals surface area contributed by atoms with Gasteiger partial charge in [0.2, 0.25) is 0 Å². The van der Waals surface area contributed by atoms with Gasteiger partial charge in [-0.25, -0.2) is 0 Å². The minimum absolute atomic E-state index is 0.0238. The summed E-state index contributed by atoms with van der Waals surface area (Å²) in [6, 6.07) is 6.62. The third-order valence-electron chi connectivity index (χ3n) is 2.61. The number of halogens is 3. The highest BCUT2D eigenvalue weighted by Crippen LogP contribution is 2.30. The van der Waals surface area contributed by atoms with Crippen molar-refractivity contribution in [3.8, 4) is 0 Å². The van der Waals surface area contributed by atoms with Gasteiger partial charge in [0, 0.05) is 4.90 Å². The molecule has 0 fully saturated rings. The van der Waals surface area contributed by atoms with Gasteiger partial charge in [-0.3, -0.25) is 4.21 Å².